The van der Waals surface area contributed by atoms with Crippen LogP contribution in [-0.2, 0) is 0 Å². The van der Waals surface area contributed by atoms with Crippen LogP contribution >= 0.6 is 11.6 Å². The van der Waals surface area contributed by atoms with E-state index in [0.29, 0.717) is 22.7 Å². The summed E-state index contributed by atoms with van der Waals surface area (Å²) in [5, 5.41) is 0.485. The number of pyridine rings is 1. The monoisotopic (exact) mass is 252 g/mol. The van der Waals surface area contributed by atoms with Crippen LogP contribution in [0.2, 0.25) is 5.02 Å². The molecule has 1 aromatic rings. The first-order chi connectivity index (χ1) is 8.15. The fraction of sp³-hybridized carbons (Fsp3) is 0.538. The van der Waals surface area contributed by atoms with Crippen LogP contribution in [0.4, 0.5) is 0 Å². The molecule has 92 valence electrons. The van der Waals surface area contributed by atoms with E-state index in [1.807, 2.05) is 4.90 Å². The van der Waals surface area contributed by atoms with Crippen LogP contribution < -0.4 is 0 Å². The molecule has 0 bridgehead atoms. The van der Waals surface area contributed by atoms with E-state index in [0.717, 1.165) is 19.3 Å². The second kappa shape index (κ2) is 5.05. The van der Waals surface area contributed by atoms with Gasteiger partial charge in [-0.25, -0.2) is 0 Å². The van der Waals surface area contributed by atoms with Gasteiger partial charge in [0.25, 0.3) is 5.91 Å². The highest BCUT2D eigenvalue weighted by molar-refractivity contribution is 6.33. The first-order valence-corrected chi connectivity index (χ1v) is 6.45. The van der Waals surface area contributed by atoms with Crippen molar-refractivity contribution in [2.75, 3.05) is 0 Å². The van der Waals surface area contributed by atoms with Crippen molar-refractivity contribution in [3.8, 4) is 0 Å². The number of aromatic nitrogens is 1. The highest BCUT2D eigenvalue weighted by atomic mass is 35.5. The van der Waals surface area contributed by atoms with Crippen molar-refractivity contribution in [2.45, 2.75) is 45.2 Å². The SMILES string of the molecule is CCC1CCC(C)N1C(=O)c1cnccc1Cl. The zero-order valence-electron chi connectivity index (χ0n) is 10.2. The van der Waals surface area contributed by atoms with E-state index in [4.69, 9.17) is 11.6 Å². The van der Waals surface area contributed by atoms with Gasteiger partial charge in [-0.15, -0.1) is 0 Å². The Labute approximate surface area is 107 Å². The molecule has 1 fully saturated rings. The van der Waals surface area contributed by atoms with Crippen molar-refractivity contribution in [2.24, 2.45) is 0 Å². The lowest BCUT2D eigenvalue weighted by molar-refractivity contribution is 0.0676. The van der Waals surface area contributed by atoms with E-state index >= 15 is 0 Å². The minimum Gasteiger partial charge on any atom is -0.333 e. The van der Waals surface area contributed by atoms with Crippen LogP contribution in [0, 0.1) is 0 Å². The Kier molecular flexibility index (Phi) is 3.67. The minimum absolute atomic E-state index is 0.0138. The van der Waals surface area contributed by atoms with Gasteiger partial charge in [0.05, 0.1) is 10.6 Å². The molecule has 3 nitrogen and oxygen atoms in total. The highest BCUT2D eigenvalue weighted by Gasteiger charge is 2.34. The molecule has 0 N–H and O–H groups in total. The third-order valence-electron chi connectivity index (χ3n) is 3.49. The van der Waals surface area contributed by atoms with Gasteiger partial charge in [-0.2, -0.15) is 0 Å². The lowest BCUT2D eigenvalue weighted by Gasteiger charge is -2.28. The predicted octanol–water partition coefficient (Wildman–Crippen LogP) is 3.14. The topological polar surface area (TPSA) is 33.2 Å². The zero-order valence-corrected chi connectivity index (χ0v) is 10.9. The van der Waals surface area contributed by atoms with Gasteiger partial charge in [0.2, 0.25) is 0 Å². The summed E-state index contributed by atoms with van der Waals surface area (Å²) in [4.78, 5) is 18.4. The molecule has 2 atom stereocenters. The van der Waals surface area contributed by atoms with Crippen molar-refractivity contribution in [3.63, 3.8) is 0 Å². The molecule has 1 saturated heterocycles. The predicted molar refractivity (Wildman–Crippen MR) is 68.2 cm³/mol. The maximum Gasteiger partial charge on any atom is 0.257 e. The van der Waals surface area contributed by atoms with Gasteiger partial charge in [0, 0.05) is 24.5 Å². The summed E-state index contributed by atoms with van der Waals surface area (Å²) in [6, 6.07) is 2.30. The molecule has 2 heterocycles. The summed E-state index contributed by atoms with van der Waals surface area (Å²) < 4.78 is 0. The van der Waals surface area contributed by atoms with E-state index in [-0.39, 0.29) is 5.91 Å². The van der Waals surface area contributed by atoms with Gasteiger partial charge in [-0.3, -0.25) is 9.78 Å². The third kappa shape index (κ3) is 2.29. The van der Waals surface area contributed by atoms with Gasteiger partial charge < -0.3 is 4.90 Å². The number of rotatable bonds is 2. The number of halogens is 1. The quantitative estimate of drug-likeness (QED) is 0.810. The summed E-state index contributed by atoms with van der Waals surface area (Å²) >= 11 is 6.05. The number of carbonyl (C=O) groups is 1. The first kappa shape index (κ1) is 12.4. The fourth-order valence-corrected chi connectivity index (χ4v) is 2.70. The van der Waals surface area contributed by atoms with Crippen LogP contribution in [0.3, 0.4) is 0 Å². The number of amides is 1. The van der Waals surface area contributed by atoms with Crippen molar-refractivity contribution < 1.29 is 4.79 Å². The Balaban J connectivity index is 2.28. The third-order valence-corrected chi connectivity index (χ3v) is 3.82. The molecule has 2 unspecified atom stereocenters. The van der Waals surface area contributed by atoms with Crippen LogP contribution in [-0.4, -0.2) is 27.9 Å². The van der Waals surface area contributed by atoms with Crippen LogP contribution in [0.15, 0.2) is 18.5 Å². The van der Waals surface area contributed by atoms with Gasteiger partial charge >= 0.3 is 0 Å². The average Bonchev–Trinajstić information content (AvgIpc) is 2.70. The molecule has 0 spiro atoms. The molecule has 4 heteroatoms. The largest absolute Gasteiger partial charge is 0.333 e. The molecule has 0 aliphatic carbocycles. The Hall–Kier alpha value is -1.09. The van der Waals surface area contributed by atoms with Gasteiger partial charge in [-0.05, 0) is 32.3 Å². The number of hydrogen-bond acceptors (Lipinski definition) is 2. The molecule has 1 aromatic heterocycles. The first-order valence-electron chi connectivity index (χ1n) is 6.07. The second-order valence-corrected chi connectivity index (χ2v) is 4.96. The number of hydrogen-bond donors (Lipinski definition) is 0. The molecule has 1 aliphatic heterocycles. The van der Waals surface area contributed by atoms with Crippen LogP contribution in [0.5, 0.6) is 0 Å². The van der Waals surface area contributed by atoms with Crippen molar-refractivity contribution >= 4 is 17.5 Å². The van der Waals surface area contributed by atoms with E-state index in [1.165, 1.54) is 0 Å². The van der Waals surface area contributed by atoms with E-state index < -0.39 is 0 Å². The lowest BCUT2D eigenvalue weighted by Crippen LogP contribution is -2.39. The highest BCUT2D eigenvalue weighted by Crippen LogP contribution is 2.29. The number of nitrogens with zero attached hydrogens (tertiary/aromatic N) is 2. The summed E-state index contributed by atoms with van der Waals surface area (Å²) in [7, 11) is 0. The lowest BCUT2D eigenvalue weighted by atomic mass is 10.1. The summed E-state index contributed by atoms with van der Waals surface area (Å²) in [6.45, 7) is 4.21. The summed E-state index contributed by atoms with van der Waals surface area (Å²) in [5.41, 5.74) is 0.515. The Bertz CT molecular complexity index is 422. The smallest absolute Gasteiger partial charge is 0.257 e. The molecule has 1 aliphatic rings. The van der Waals surface area contributed by atoms with Crippen LogP contribution in [0.1, 0.15) is 43.5 Å². The standard InChI is InChI=1S/C13H17ClN2O/c1-3-10-5-4-9(2)16(10)13(17)11-8-15-7-6-12(11)14/h6-10H,3-5H2,1-2H3. The Morgan fingerprint density at radius 3 is 3.00 bits per heavy atom. The molecule has 0 aromatic carbocycles. The van der Waals surface area contributed by atoms with Gasteiger partial charge in [0.15, 0.2) is 0 Å². The summed E-state index contributed by atoms with van der Waals surface area (Å²) in [5.74, 6) is 0.0138. The molecular weight excluding hydrogens is 236 g/mol. The number of likely N-dealkylation sites (tertiary alicyclic amines) is 1. The van der Waals surface area contributed by atoms with E-state index in [1.54, 1.807) is 18.5 Å². The Morgan fingerprint density at radius 1 is 1.59 bits per heavy atom. The zero-order chi connectivity index (χ0) is 12.4. The van der Waals surface area contributed by atoms with E-state index in [2.05, 4.69) is 18.8 Å². The normalized spacial score (nSPS) is 24.1. The molecule has 2 rings (SSSR count). The summed E-state index contributed by atoms with van der Waals surface area (Å²) in [6.07, 6.45) is 6.31. The van der Waals surface area contributed by atoms with Crippen molar-refractivity contribution in [1.82, 2.24) is 9.88 Å². The molecule has 1 amide bonds. The molecular formula is C13H17ClN2O. The molecule has 0 radical (unpaired) electrons. The Morgan fingerprint density at radius 2 is 2.35 bits per heavy atom. The minimum atomic E-state index is 0.0138. The number of carbonyl (C=O) groups excluding carboxylic acids is 1. The average molecular weight is 253 g/mol. The van der Waals surface area contributed by atoms with Crippen LogP contribution in [0.25, 0.3) is 0 Å². The van der Waals surface area contributed by atoms with Crippen molar-refractivity contribution in [1.29, 1.82) is 0 Å². The maximum absolute atomic E-state index is 12.4. The second-order valence-electron chi connectivity index (χ2n) is 4.56. The van der Waals surface area contributed by atoms with Gasteiger partial charge in [-0.1, -0.05) is 18.5 Å². The molecule has 0 saturated carbocycles. The van der Waals surface area contributed by atoms with E-state index in [9.17, 15) is 4.79 Å². The fourth-order valence-electron chi connectivity index (χ4n) is 2.51. The maximum atomic E-state index is 12.4. The van der Waals surface area contributed by atoms with Gasteiger partial charge in [0.1, 0.15) is 0 Å². The molecule has 17 heavy (non-hydrogen) atoms. The van der Waals surface area contributed by atoms with Crippen molar-refractivity contribution in [3.05, 3.63) is 29.0 Å².